The molecule has 0 aromatic rings. The van der Waals surface area contributed by atoms with Gasteiger partial charge in [-0.15, -0.1) is 0 Å². The van der Waals surface area contributed by atoms with Crippen LogP contribution in [0.1, 0.15) is 47.5 Å². The van der Waals surface area contributed by atoms with Gasteiger partial charge in [-0.25, -0.2) is 9.69 Å². The van der Waals surface area contributed by atoms with Crippen LogP contribution in [0.25, 0.3) is 0 Å². The SMILES string of the molecule is CC(C)COC(=O)CC(O)CC1(C(C)C)NC(C)C(=O)N1C(N)=O. The molecule has 1 saturated heterocycles. The van der Waals surface area contributed by atoms with Crippen LogP contribution in [0.2, 0.25) is 0 Å². The van der Waals surface area contributed by atoms with Crippen molar-refractivity contribution in [2.24, 2.45) is 17.6 Å². The molecule has 24 heavy (non-hydrogen) atoms. The first-order valence-electron chi connectivity index (χ1n) is 8.26. The molecule has 138 valence electrons. The molecule has 4 N–H and O–H groups in total. The molecule has 1 rings (SSSR count). The molecule has 8 nitrogen and oxygen atoms in total. The van der Waals surface area contributed by atoms with Crippen molar-refractivity contribution in [3.63, 3.8) is 0 Å². The Labute approximate surface area is 142 Å². The van der Waals surface area contributed by atoms with Gasteiger partial charge in [-0.2, -0.15) is 0 Å². The number of nitrogens with zero attached hydrogens (tertiary/aromatic N) is 1. The van der Waals surface area contributed by atoms with Crippen LogP contribution in [0, 0.1) is 11.8 Å². The molecule has 8 heteroatoms. The third-order valence-corrected chi connectivity index (χ3v) is 4.16. The lowest BCUT2D eigenvalue weighted by Crippen LogP contribution is -2.61. The predicted octanol–water partition coefficient (Wildman–Crippen LogP) is 0.578. The molecule has 1 heterocycles. The summed E-state index contributed by atoms with van der Waals surface area (Å²) in [5.74, 6) is -0.961. The number of nitrogens with one attached hydrogen (secondary N) is 1. The average Bonchev–Trinajstić information content (AvgIpc) is 2.68. The summed E-state index contributed by atoms with van der Waals surface area (Å²) in [5, 5.41) is 13.4. The van der Waals surface area contributed by atoms with E-state index in [9.17, 15) is 19.5 Å². The van der Waals surface area contributed by atoms with Gasteiger partial charge in [0, 0.05) is 6.42 Å². The molecule has 1 aliphatic rings. The lowest BCUT2D eigenvalue weighted by Gasteiger charge is -2.40. The third-order valence-electron chi connectivity index (χ3n) is 4.16. The van der Waals surface area contributed by atoms with E-state index in [2.05, 4.69) is 5.32 Å². The molecule has 0 aliphatic carbocycles. The Bertz CT molecular complexity index is 494. The summed E-state index contributed by atoms with van der Waals surface area (Å²) in [6.45, 7) is 9.37. The van der Waals surface area contributed by atoms with Crippen LogP contribution in [0.15, 0.2) is 0 Å². The number of ether oxygens (including phenoxy) is 1. The second kappa shape index (κ2) is 7.94. The molecular formula is C16H29N3O5. The number of rotatable bonds is 7. The highest BCUT2D eigenvalue weighted by Crippen LogP contribution is 2.34. The van der Waals surface area contributed by atoms with Gasteiger partial charge in [-0.1, -0.05) is 27.7 Å². The standard InChI is InChI=1S/C16H29N3O5/c1-9(2)8-24-13(21)6-12(20)7-16(10(3)4)18-11(5)14(22)19(16)15(17)23/h9-12,18,20H,6-8H2,1-5H3,(H2,17,23). The maximum absolute atomic E-state index is 12.2. The first-order chi connectivity index (χ1) is 11.0. The largest absolute Gasteiger partial charge is 0.465 e. The fourth-order valence-electron chi connectivity index (χ4n) is 2.95. The molecule has 0 bridgehead atoms. The van der Waals surface area contributed by atoms with Crippen molar-refractivity contribution in [1.82, 2.24) is 10.2 Å². The number of imide groups is 1. The van der Waals surface area contributed by atoms with Crippen molar-refractivity contribution in [1.29, 1.82) is 0 Å². The van der Waals surface area contributed by atoms with Gasteiger partial charge in [0.05, 0.1) is 25.2 Å². The number of primary amides is 1. The molecule has 0 radical (unpaired) electrons. The Morgan fingerprint density at radius 3 is 2.42 bits per heavy atom. The Balaban J connectivity index is 2.87. The first kappa shape index (κ1) is 20.4. The second-order valence-corrected chi connectivity index (χ2v) is 7.10. The molecule has 0 saturated carbocycles. The monoisotopic (exact) mass is 343 g/mol. The Hall–Kier alpha value is -1.67. The summed E-state index contributed by atoms with van der Waals surface area (Å²) in [7, 11) is 0. The second-order valence-electron chi connectivity index (χ2n) is 7.10. The van der Waals surface area contributed by atoms with E-state index in [0.717, 1.165) is 4.90 Å². The number of aliphatic hydroxyl groups is 1. The molecule has 0 spiro atoms. The van der Waals surface area contributed by atoms with Gasteiger partial charge in [0.25, 0.3) is 0 Å². The minimum absolute atomic E-state index is 0.000462. The summed E-state index contributed by atoms with van der Waals surface area (Å²) in [6.07, 6.45) is -1.28. The van der Waals surface area contributed by atoms with Gasteiger partial charge in [0.1, 0.15) is 5.66 Å². The molecule has 3 atom stereocenters. The zero-order chi connectivity index (χ0) is 18.7. The van der Waals surface area contributed by atoms with Gasteiger partial charge < -0.3 is 15.6 Å². The highest BCUT2D eigenvalue weighted by Gasteiger charge is 2.54. The quantitative estimate of drug-likeness (QED) is 0.581. The van der Waals surface area contributed by atoms with Gasteiger partial charge >= 0.3 is 12.0 Å². The van der Waals surface area contributed by atoms with E-state index in [1.807, 2.05) is 27.7 Å². The molecule has 1 fully saturated rings. The van der Waals surface area contributed by atoms with Crippen LogP contribution < -0.4 is 11.1 Å². The Morgan fingerprint density at radius 1 is 1.38 bits per heavy atom. The number of esters is 1. The van der Waals surface area contributed by atoms with E-state index in [0.29, 0.717) is 0 Å². The maximum atomic E-state index is 12.2. The van der Waals surface area contributed by atoms with Crippen LogP contribution in [0.3, 0.4) is 0 Å². The fraction of sp³-hybridized carbons (Fsp3) is 0.812. The molecule has 3 amide bonds. The Morgan fingerprint density at radius 2 is 1.96 bits per heavy atom. The number of urea groups is 1. The van der Waals surface area contributed by atoms with Gasteiger partial charge in [-0.05, 0) is 18.8 Å². The summed E-state index contributed by atoms with van der Waals surface area (Å²) in [4.78, 5) is 36.7. The van der Waals surface area contributed by atoms with Crippen LogP contribution in [-0.2, 0) is 14.3 Å². The number of carbonyl (C=O) groups is 3. The van der Waals surface area contributed by atoms with Gasteiger partial charge in [0.15, 0.2) is 0 Å². The Kier molecular flexibility index (Phi) is 6.74. The van der Waals surface area contributed by atoms with Crippen LogP contribution in [0.5, 0.6) is 0 Å². The molecule has 0 aromatic heterocycles. The van der Waals surface area contributed by atoms with E-state index < -0.39 is 35.7 Å². The summed E-state index contributed by atoms with van der Waals surface area (Å²) in [5.41, 5.74) is 4.25. The van der Waals surface area contributed by atoms with Crippen LogP contribution >= 0.6 is 0 Å². The summed E-state index contributed by atoms with van der Waals surface area (Å²) >= 11 is 0. The fourth-order valence-corrected chi connectivity index (χ4v) is 2.95. The first-order valence-corrected chi connectivity index (χ1v) is 8.26. The van der Waals surface area contributed by atoms with Gasteiger partial charge in [-0.3, -0.25) is 14.9 Å². The number of hydrogen-bond donors (Lipinski definition) is 3. The van der Waals surface area contributed by atoms with E-state index >= 15 is 0 Å². The zero-order valence-corrected chi connectivity index (χ0v) is 15.0. The number of nitrogens with two attached hydrogens (primary N) is 1. The number of aliphatic hydroxyl groups excluding tert-OH is 1. The van der Waals surface area contributed by atoms with Crippen LogP contribution in [0.4, 0.5) is 4.79 Å². The van der Waals surface area contributed by atoms with E-state index in [1.165, 1.54) is 0 Å². The molecule has 0 aromatic carbocycles. The molecule has 3 unspecified atom stereocenters. The molecule has 1 aliphatic heterocycles. The number of carbonyl (C=O) groups excluding carboxylic acids is 3. The van der Waals surface area contributed by atoms with Crippen LogP contribution in [-0.4, -0.2) is 52.3 Å². The van der Waals surface area contributed by atoms with Crippen molar-refractivity contribution in [2.45, 2.75) is 65.3 Å². The number of amides is 3. The lowest BCUT2D eigenvalue weighted by molar-refractivity contribution is -0.147. The van der Waals surface area contributed by atoms with E-state index in [4.69, 9.17) is 10.5 Å². The van der Waals surface area contributed by atoms with Crippen molar-refractivity contribution < 1.29 is 24.2 Å². The normalized spacial score (nSPS) is 25.4. The average molecular weight is 343 g/mol. The zero-order valence-electron chi connectivity index (χ0n) is 15.0. The topological polar surface area (TPSA) is 122 Å². The smallest absolute Gasteiger partial charge is 0.323 e. The van der Waals surface area contributed by atoms with E-state index in [1.54, 1.807) is 6.92 Å². The van der Waals surface area contributed by atoms with Crippen molar-refractivity contribution in [3.05, 3.63) is 0 Å². The van der Waals surface area contributed by atoms with Crippen molar-refractivity contribution in [2.75, 3.05) is 6.61 Å². The minimum atomic E-state index is -1.12. The summed E-state index contributed by atoms with van der Waals surface area (Å²) in [6, 6.07) is -1.47. The lowest BCUT2D eigenvalue weighted by atomic mass is 9.88. The third kappa shape index (κ3) is 4.45. The highest BCUT2D eigenvalue weighted by atomic mass is 16.5. The predicted molar refractivity (Wildman–Crippen MR) is 87.6 cm³/mol. The van der Waals surface area contributed by atoms with Gasteiger partial charge in [0.2, 0.25) is 5.91 Å². The maximum Gasteiger partial charge on any atom is 0.323 e. The summed E-state index contributed by atoms with van der Waals surface area (Å²) < 4.78 is 5.06. The minimum Gasteiger partial charge on any atom is -0.465 e. The number of hydrogen-bond acceptors (Lipinski definition) is 6. The highest BCUT2D eigenvalue weighted by molar-refractivity contribution is 5.99. The molecular weight excluding hydrogens is 314 g/mol. The van der Waals surface area contributed by atoms with E-state index in [-0.39, 0.29) is 31.3 Å². The van der Waals surface area contributed by atoms with Crippen molar-refractivity contribution >= 4 is 17.9 Å². The van der Waals surface area contributed by atoms with Crippen molar-refractivity contribution in [3.8, 4) is 0 Å².